The van der Waals surface area contributed by atoms with Crippen molar-refractivity contribution >= 4 is 26.5 Å². The number of anilines is 1. The average molecular weight is 374 g/mol. The van der Waals surface area contributed by atoms with Gasteiger partial charge in [0.2, 0.25) is 0 Å². The van der Waals surface area contributed by atoms with E-state index < -0.39 is 10.0 Å². The molecule has 2 aromatic carbocycles. The summed E-state index contributed by atoms with van der Waals surface area (Å²) in [4.78, 5) is 0.500. The third-order valence-corrected chi connectivity index (χ3v) is 8.70. The van der Waals surface area contributed by atoms with E-state index in [2.05, 4.69) is 26.2 Å². The lowest BCUT2D eigenvalue weighted by molar-refractivity contribution is -1.03. The van der Waals surface area contributed by atoms with Crippen LogP contribution < -0.4 is 4.31 Å². The van der Waals surface area contributed by atoms with Crippen LogP contribution in [0.2, 0.25) is 0 Å². The number of likely N-dealkylation sites (N-methyl/N-ethyl adjacent to an activating group) is 1. The van der Waals surface area contributed by atoms with Crippen LogP contribution in [0.4, 0.5) is 5.69 Å². The van der Waals surface area contributed by atoms with E-state index in [9.17, 15) is 8.42 Å². The monoisotopic (exact) mass is 373 g/mol. The van der Waals surface area contributed by atoms with Gasteiger partial charge in [0, 0.05) is 28.4 Å². The first kappa shape index (κ1) is 16.5. The summed E-state index contributed by atoms with van der Waals surface area (Å²) < 4.78 is 29.6. The van der Waals surface area contributed by atoms with Crippen LogP contribution in [-0.2, 0) is 23.1 Å². The predicted molar refractivity (Wildman–Crippen MR) is 103 cm³/mol. The van der Waals surface area contributed by atoms with E-state index in [0.29, 0.717) is 11.4 Å². The third-order valence-electron chi connectivity index (χ3n) is 6.77. The fourth-order valence-electron chi connectivity index (χ4n) is 5.15. The fourth-order valence-corrected chi connectivity index (χ4v) is 6.85. The van der Waals surface area contributed by atoms with Crippen LogP contribution in [0.25, 0.3) is 10.8 Å². The zero-order valence-electron chi connectivity index (χ0n) is 15.8. The van der Waals surface area contributed by atoms with E-state index in [1.54, 1.807) is 4.31 Å². The zero-order valence-corrected chi connectivity index (χ0v) is 16.6. The molecule has 0 N–H and O–H groups in total. The van der Waals surface area contributed by atoms with E-state index in [4.69, 9.17) is 0 Å². The molecule has 5 nitrogen and oxygen atoms in total. The van der Waals surface area contributed by atoms with Crippen LogP contribution in [0.1, 0.15) is 18.1 Å². The van der Waals surface area contributed by atoms with Gasteiger partial charge >= 0.3 is 0 Å². The quantitative estimate of drug-likeness (QED) is 0.720. The molecule has 6 heteroatoms. The molecule has 0 amide bonds. The summed E-state index contributed by atoms with van der Waals surface area (Å²) in [5.41, 5.74) is 3.52. The van der Waals surface area contributed by atoms with E-state index in [-0.39, 0.29) is 0 Å². The molecular weight excluding hydrogens is 346 g/mol. The van der Waals surface area contributed by atoms with Crippen molar-refractivity contribution in [1.82, 2.24) is 0 Å². The van der Waals surface area contributed by atoms with Crippen LogP contribution >= 0.6 is 0 Å². The normalized spacial score (nSPS) is 24.3. The molecule has 0 atom stereocenters. The Morgan fingerprint density at radius 3 is 2.15 bits per heavy atom. The lowest BCUT2D eigenvalue weighted by Gasteiger charge is -2.48. The van der Waals surface area contributed by atoms with Crippen molar-refractivity contribution in [2.24, 2.45) is 0 Å². The van der Waals surface area contributed by atoms with Crippen molar-refractivity contribution in [2.45, 2.75) is 24.9 Å². The molecule has 0 aromatic heterocycles. The van der Waals surface area contributed by atoms with Gasteiger partial charge in [-0.25, -0.2) is 8.42 Å². The van der Waals surface area contributed by atoms with Gasteiger partial charge in [-0.1, -0.05) is 12.1 Å². The van der Waals surface area contributed by atoms with Crippen LogP contribution in [0, 0.1) is 0 Å². The summed E-state index contributed by atoms with van der Waals surface area (Å²) in [6.45, 7) is 9.23. The standard InChI is InChI=1S/C20H27N3O2S/c1-4-21-17-7-5-15-13-23(11-9-22(2,3)10-12-23)14-16-6-8-18(26(21,24)25)20(17)19(15)16/h5-8H,4,9-14H2,1-3H3/q+2. The highest BCUT2D eigenvalue weighted by atomic mass is 32.2. The molecule has 3 heterocycles. The number of hydrogen-bond acceptors (Lipinski definition) is 2. The summed E-state index contributed by atoms with van der Waals surface area (Å²) in [5.74, 6) is 0. The van der Waals surface area contributed by atoms with Crippen LogP contribution in [0.5, 0.6) is 0 Å². The van der Waals surface area contributed by atoms with Gasteiger partial charge in [0.15, 0.2) is 0 Å². The van der Waals surface area contributed by atoms with Gasteiger partial charge in [0.05, 0.1) is 24.7 Å². The molecule has 1 fully saturated rings. The SMILES string of the molecule is CCN1c2ccc3c4c(ccc(c24)S1(=O)=O)C[N+]1(CC[N+](C)(C)CC1)C3. The summed E-state index contributed by atoms with van der Waals surface area (Å²) in [5, 5.41) is 2.18. The average Bonchev–Trinajstić information content (AvgIpc) is 2.83. The number of sulfonamides is 1. The predicted octanol–water partition coefficient (Wildman–Crippen LogP) is 2.29. The first-order valence-corrected chi connectivity index (χ1v) is 11.0. The molecule has 0 saturated carbocycles. The van der Waals surface area contributed by atoms with Crippen LogP contribution in [-0.4, -0.2) is 64.2 Å². The molecule has 3 aliphatic rings. The molecule has 138 valence electrons. The van der Waals surface area contributed by atoms with Gasteiger partial charge < -0.3 is 8.97 Å². The number of quaternary nitrogens is 2. The molecule has 0 aliphatic carbocycles. The maximum Gasteiger partial charge on any atom is 0.265 e. The topological polar surface area (TPSA) is 37.4 Å². The maximum atomic E-state index is 12.9. The Morgan fingerprint density at radius 2 is 1.54 bits per heavy atom. The fraction of sp³-hybridized carbons (Fsp3) is 0.500. The minimum Gasteiger partial charge on any atom is -0.319 e. The molecule has 0 unspecified atom stereocenters. The van der Waals surface area contributed by atoms with Crippen molar-refractivity contribution < 1.29 is 17.4 Å². The molecule has 2 aromatic rings. The van der Waals surface area contributed by atoms with Crippen molar-refractivity contribution in [2.75, 3.05) is 51.1 Å². The Bertz CT molecular complexity index is 1020. The largest absolute Gasteiger partial charge is 0.319 e. The van der Waals surface area contributed by atoms with E-state index >= 15 is 0 Å². The van der Waals surface area contributed by atoms with Crippen molar-refractivity contribution in [3.8, 4) is 0 Å². The lowest BCUT2D eigenvalue weighted by atomic mass is 9.91. The number of rotatable bonds is 1. The highest BCUT2D eigenvalue weighted by molar-refractivity contribution is 7.93. The zero-order chi connectivity index (χ0) is 18.3. The Balaban J connectivity index is 1.67. The van der Waals surface area contributed by atoms with Gasteiger partial charge in [0.1, 0.15) is 39.3 Å². The number of piperazine rings is 1. The van der Waals surface area contributed by atoms with E-state index in [1.165, 1.54) is 42.7 Å². The molecule has 1 saturated heterocycles. The minimum absolute atomic E-state index is 0.480. The number of benzene rings is 2. The second-order valence-corrected chi connectivity index (χ2v) is 10.7. The molecule has 26 heavy (non-hydrogen) atoms. The first-order valence-electron chi connectivity index (χ1n) is 9.54. The lowest BCUT2D eigenvalue weighted by Crippen LogP contribution is -2.63. The second kappa shape index (κ2) is 5.00. The molecule has 1 spiro atoms. The Kier molecular flexibility index (Phi) is 3.18. The summed E-state index contributed by atoms with van der Waals surface area (Å²) in [6, 6.07) is 8.14. The summed E-state index contributed by atoms with van der Waals surface area (Å²) >= 11 is 0. The van der Waals surface area contributed by atoms with Gasteiger partial charge in [-0.05, 0) is 19.1 Å². The number of nitrogens with zero attached hydrogens (tertiary/aromatic N) is 3. The Labute approximate surface area is 155 Å². The van der Waals surface area contributed by atoms with Crippen LogP contribution in [0.3, 0.4) is 0 Å². The van der Waals surface area contributed by atoms with Gasteiger partial charge in [-0.15, -0.1) is 0 Å². The summed E-state index contributed by atoms with van der Waals surface area (Å²) in [7, 11) is 1.25. The van der Waals surface area contributed by atoms with Gasteiger partial charge in [-0.3, -0.25) is 4.31 Å². The molecule has 5 rings (SSSR count). The Hall–Kier alpha value is -1.63. The maximum absolute atomic E-state index is 12.9. The van der Waals surface area contributed by atoms with Crippen molar-refractivity contribution in [1.29, 1.82) is 0 Å². The van der Waals surface area contributed by atoms with Gasteiger partial charge in [0.25, 0.3) is 10.0 Å². The smallest absolute Gasteiger partial charge is 0.265 e. The Morgan fingerprint density at radius 1 is 0.923 bits per heavy atom. The van der Waals surface area contributed by atoms with Crippen molar-refractivity contribution in [3.05, 3.63) is 35.4 Å². The van der Waals surface area contributed by atoms with Crippen LogP contribution in [0.15, 0.2) is 29.2 Å². The van der Waals surface area contributed by atoms with Crippen molar-refractivity contribution in [3.63, 3.8) is 0 Å². The van der Waals surface area contributed by atoms with E-state index in [1.807, 2.05) is 19.1 Å². The summed E-state index contributed by atoms with van der Waals surface area (Å²) in [6.07, 6.45) is 0. The highest BCUT2D eigenvalue weighted by Gasteiger charge is 2.43. The van der Waals surface area contributed by atoms with E-state index in [0.717, 1.165) is 33.1 Å². The molecule has 0 radical (unpaired) electrons. The molecular formula is C20H27N3O2S+2. The second-order valence-electron chi connectivity index (χ2n) is 8.87. The molecule has 3 aliphatic heterocycles. The third kappa shape index (κ3) is 2.06. The van der Waals surface area contributed by atoms with Gasteiger partial charge in [-0.2, -0.15) is 0 Å². The first-order chi connectivity index (χ1) is 12.3. The number of hydrogen-bond donors (Lipinski definition) is 0. The molecule has 0 bridgehead atoms. The minimum atomic E-state index is -3.39. The highest BCUT2D eigenvalue weighted by Crippen LogP contribution is 2.47.